The molecule has 1 amide bonds. The highest BCUT2D eigenvalue weighted by molar-refractivity contribution is 7.89. The van der Waals surface area contributed by atoms with Crippen molar-refractivity contribution in [3.8, 4) is 0 Å². The fraction of sp³-hybridized carbons (Fsp3) is 0.316. The molecule has 0 bridgehead atoms. The molecule has 1 heterocycles. The Kier molecular flexibility index (Phi) is 6.89. The minimum atomic E-state index is -3.62. The molecule has 1 fully saturated rings. The summed E-state index contributed by atoms with van der Waals surface area (Å²) < 4.78 is 27.2. The average molecular weight is 462 g/mol. The van der Waals surface area contributed by atoms with Crippen LogP contribution in [0.4, 0.5) is 5.69 Å². The Hall–Kier alpha value is -1.31. The molecule has 1 aliphatic rings. The molecule has 5 nitrogen and oxygen atoms in total. The molecule has 150 valence electrons. The Morgan fingerprint density at radius 2 is 1.61 bits per heavy atom. The number of benzene rings is 2. The Labute approximate surface area is 179 Å². The first-order chi connectivity index (χ1) is 13.3. The monoisotopic (exact) mass is 460 g/mol. The van der Waals surface area contributed by atoms with Crippen LogP contribution in [0.15, 0.2) is 41.3 Å². The van der Waals surface area contributed by atoms with E-state index in [1.54, 1.807) is 18.2 Å². The van der Waals surface area contributed by atoms with Crippen molar-refractivity contribution < 1.29 is 13.2 Å². The quantitative estimate of drug-likeness (QED) is 0.681. The minimum Gasteiger partial charge on any atom is -0.324 e. The first-order valence-electron chi connectivity index (χ1n) is 8.81. The summed E-state index contributed by atoms with van der Waals surface area (Å²) in [5.74, 6) is -0.340. The maximum Gasteiger partial charge on any atom is 0.243 e. The van der Waals surface area contributed by atoms with Gasteiger partial charge in [0.25, 0.3) is 0 Å². The van der Waals surface area contributed by atoms with Crippen molar-refractivity contribution in [2.75, 3.05) is 18.4 Å². The van der Waals surface area contributed by atoms with Crippen LogP contribution < -0.4 is 5.32 Å². The van der Waals surface area contributed by atoms with Crippen LogP contribution in [-0.2, 0) is 21.2 Å². The molecular weight excluding hydrogens is 443 g/mol. The number of amides is 1. The van der Waals surface area contributed by atoms with Crippen molar-refractivity contribution in [1.29, 1.82) is 0 Å². The molecule has 1 aliphatic heterocycles. The molecule has 1 N–H and O–H groups in total. The Bertz CT molecular complexity index is 990. The van der Waals surface area contributed by atoms with Crippen LogP contribution in [0.25, 0.3) is 0 Å². The Morgan fingerprint density at radius 1 is 0.929 bits per heavy atom. The van der Waals surface area contributed by atoms with E-state index in [9.17, 15) is 13.2 Å². The SMILES string of the molecule is O=C(Cc1ccc(Cl)c(Cl)c1)Nc1cc(S(=O)(=O)N2CCCCC2)ccc1Cl. The second kappa shape index (κ2) is 9.01. The van der Waals surface area contributed by atoms with Gasteiger partial charge < -0.3 is 5.32 Å². The standard InChI is InChI=1S/C19H19Cl3N2O3S/c20-15-6-4-13(10-17(15)22)11-19(25)23-18-12-14(5-7-16(18)21)28(26,27)24-8-2-1-3-9-24/h4-7,10,12H,1-3,8-9,11H2,(H,23,25). The van der Waals surface area contributed by atoms with Gasteiger partial charge in [-0.15, -0.1) is 0 Å². The molecule has 28 heavy (non-hydrogen) atoms. The van der Waals surface area contributed by atoms with E-state index in [2.05, 4.69) is 5.32 Å². The third-order valence-electron chi connectivity index (χ3n) is 4.51. The van der Waals surface area contributed by atoms with Gasteiger partial charge in [0.05, 0.1) is 32.1 Å². The maximum absolute atomic E-state index is 12.8. The van der Waals surface area contributed by atoms with Crippen molar-refractivity contribution >= 4 is 56.4 Å². The van der Waals surface area contributed by atoms with Gasteiger partial charge in [-0.3, -0.25) is 4.79 Å². The van der Waals surface area contributed by atoms with E-state index < -0.39 is 10.0 Å². The van der Waals surface area contributed by atoms with Crippen molar-refractivity contribution in [3.05, 3.63) is 57.0 Å². The van der Waals surface area contributed by atoms with Gasteiger partial charge in [-0.25, -0.2) is 8.42 Å². The van der Waals surface area contributed by atoms with E-state index in [-0.39, 0.29) is 27.9 Å². The number of carbonyl (C=O) groups excluding carboxylic acids is 1. The summed E-state index contributed by atoms with van der Waals surface area (Å²) >= 11 is 18.0. The van der Waals surface area contributed by atoms with Gasteiger partial charge in [-0.1, -0.05) is 47.3 Å². The fourth-order valence-corrected chi connectivity index (χ4v) is 5.07. The van der Waals surface area contributed by atoms with Gasteiger partial charge in [0.1, 0.15) is 0 Å². The molecular formula is C19H19Cl3N2O3S. The number of rotatable bonds is 5. The summed E-state index contributed by atoms with van der Waals surface area (Å²) in [6, 6.07) is 9.27. The third-order valence-corrected chi connectivity index (χ3v) is 7.48. The van der Waals surface area contributed by atoms with Crippen LogP contribution in [0.5, 0.6) is 0 Å². The second-order valence-electron chi connectivity index (χ2n) is 6.58. The zero-order valence-electron chi connectivity index (χ0n) is 14.9. The molecule has 9 heteroatoms. The molecule has 0 spiro atoms. The summed E-state index contributed by atoms with van der Waals surface area (Å²) in [7, 11) is -3.62. The van der Waals surface area contributed by atoms with E-state index in [0.717, 1.165) is 19.3 Å². The first-order valence-corrected chi connectivity index (χ1v) is 11.4. The van der Waals surface area contributed by atoms with E-state index >= 15 is 0 Å². The Morgan fingerprint density at radius 3 is 2.29 bits per heavy atom. The van der Waals surface area contributed by atoms with Gasteiger partial charge in [0, 0.05) is 13.1 Å². The number of carbonyl (C=O) groups is 1. The van der Waals surface area contributed by atoms with Gasteiger partial charge in [-0.2, -0.15) is 4.31 Å². The van der Waals surface area contributed by atoms with E-state index in [4.69, 9.17) is 34.8 Å². The van der Waals surface area contributed by atoms with Crippen LogP contribution in [0.3, 0.4) is 0 Å². The van der Waals surface area contributed by atoms with Crippen LogP contribution in [0.1, 0.15) is 24.8 Å². The first kappa shape index (κ1) is 21.4. The number of sulfonamides is 1. The highest BCUT2D eigenvalue weighted by Crippen LogP contribution is 2.29. The maximum atomic E-state index is 12.8. The molecule has 3 rings (SSSR count). The van der Waals surface area contributed by atoms with E-state index in [1.165, 1.54) is 22.5 Å². The number of piperidine rings is 1. The number of hydrogen-bond donors (Lipinski definition) is 1. The zero-order chi connectivity index (χ0) is 20.3. The van der Waals surface area contributed by atoms with E-state index in [1.807, 2.05) is 0 Å². The topological polar surface area (TPSA) is 66.5 Å². The fourth-order valence-electron chi connectivity index (χ4n) is 3.04. The molecule has 0 aromatic heterocycles. The minimum absolute atomic E-state index is 0.0519. The molecule has 0 aliphatic carbocycles. The summed E-state index contributed by atoms with van der Waals surface area (Å²) in [6.45, 7) is 1.01. The summed E-state index contributed by atoms with van der Waals surface area (Å²) in [4.78, 5) is 12.5. The number of hydrogen-bond acceptors (Lipinski definition) is 3. The van der Waals surface area contributed by atoms with Crippen LogP contribution in [0, 0.1) is 0 Å². The lowest BCUT2D eigenvalue weighted by Gasteiger charge is -2.26. The highest BCUT2D eigenvalue weighted by atomic mass is 35.5. The van der Waals surface area contributed by atoms with Gasteiger partial charge in [-0.05, 0) is 48.7 Å². The molecule has 2 aromatic rings. The molecule has 0 atom stereocenters. The molecule has 0 saturated carbocycles. The van der Waals surface area contributed by atoms with Crippen molar-refractivity contribution in [2.45, 2.75) is 30.6 Å². The third kappa shape index (κ3) is 4.99. The van der Waals surface area contributed by atoms with Crippen molar-refractivity contribution in [1.82, 2.24) is 4.31 Å². The van der Waals surface area contributed by atoms with Crippen LogP contribution in [-0.4, -0.2) is 31.7 Å². The number of halogens is 3. The second-order valence-corrected chi connectivity index (χ2v) is 9.74. The van der Waals surface area contributed by atoms with Gasteiger partial charge >= 0.3 is 0 Å². The van der Waals surface area contributed by atoms with Gasteiger partial charge in [0.2, 0.25) is 15.9 Å². The molecule has 2 aromatic carbocycles. The lowest BCUT2D eigenvalue weighted by molar-refractivity contribution is -0.115. The van der Waals surface area contributed by atoms with Crippen molar-refractivity contribution in [2.24, 2.45) is 0 Å². The highest BCUT2D eigenvalue weighted by Gasteiger charge is 2.26. The number of anilines is 1. The predicted octanol–water partition coefficient (Wildman–Crippen LogP) is 5.00. The van der Waals surface area contributed by atoms with E-state index in [0.29, 0.717) is 28.7 Å². The van der Waals surface area contributed by atoms with Crippen molar-refractivity contribution in [3.63, 3.8) is 0 Å². The Balaban J connectivity index is 1.77. The summed E-state index contributed by atoms with van der Waals surface area (Å²) in [6.07, 6.45) is 2.78. The largest absolute Gasteiger partial charge is 0.324 e. The van der Waals surface area contributed by atoms with Crippen LogP contribution in [0.2, 0.25) is 15.1 Å². The molecule has 0 unspecified atom stereocenters. The predicted molar refractivity (Wildman–Crippen MR) is 113 cm³/mol. The smallest absolute Gasteiger partial charge is 0.243 e. The molecule has 1 saturated heterocycles. The normalized spacial score (nSPS) is 15.4. The number of nitrogens with one attached hydrogen (secondary N) is 1. The zero-order valence-corrected chi connectivity index (χ0v) is 18.0. The summed E-state index contributed by atoms with van der Waals surface area (Å²) in [5, 5.41) is 3.71. The van der Waals surface area contributed by atoms with Crippen LogP contribution >= 0.6 is 34.8 Å². The molecule has 0 radical (unpaired) electrons. The van der Waals surface area contributed by atoms with Gasteiger partial charge in [0.15, 0.2) is 0 Å². The average Bonchev–Trinajstić information content (AvgIpc) is 2.67. The summed E-state index contributed by atoms with van der Waals surface area (Å²) in [5.41, 5.74) is 0.935. The number of nitrogens with zero attached hydrogens (tertiary/aromatic N) is 1. The lowest BCUT2D eigenvalue weighted by atomic mass is 10.1. The lowest BCUT2D eigenvalue weighted by Crippen LogP contribution is -2.35.